The first-order valence-electron chi connectivity index (χ1n) is 2.30. The molecule has 0 amide bonds. The first-order chi connectivity index (χ1) is 3.39. The van der Waals surface area contributed by atoms with Gasteiger partial charge in [0, 0.05) is 12.1 Å². The Bertz CT molecular complexity index is 143. The van der Waals surface area contributed by atoms with Crippen LogP contribution in [0.3, 0.4) is 0 Å². The highest BCUT2D eigenvalue weighted by Gasteiger charge is 1.78. The number of hydrogen-bond acceptors (Lipinski definition) is 0. The summed E-state index contributed by atoms with van der Waals surface area (Å²) in [6.07, 6.45) is 4.00. The van der Waals surface area contributed by atoms with E-state index in [0.29, 0.717) is 0 Å². The second-order valence-corrected chi connectivity index (χ2v) is 1.54. The maximum Gasteiger partial charge on any atom is 0.316 e. The minimum atomic E-state index is 0. The van der Waals surface area contributed by atoms with Crippen LogP contribution in [0, 0.1) is 0 Å². The van der Waals surface area contributed by atoms with Gasteiger partial charge in [0.15, 0.2) is 12.4 Å². The summed E-state index contributed by atoms with van der Waals surface area (Å²) >= 11 is 0. The van der Waals surface area contributed by atoms with Crippen LogP contribution in [-0.4, -0.2) is 23.1 Å². The lowest BCUT2D eigenvalue weighted by atomic mass is 10.5. The van der Waals surface area contributed by atoms with Crippen molar-refractivity contribution in [3.05, 3.63) is 30.6 Å². The Morgan fingerprint density at radius 2 is 1.44 bits per heavy atom. The Balaban J connectivity index is 0. The van der Waals surface area contributed by atoms with E-state index in [1.165, 1.54) is 0 Å². The van der Waals surface area contributed by atoms with Gasteiger partial charge in [0.2, 0.25) is 0 Å². The first kappa shape index (κ1) is 12.3. The van der Waals surface area contributed by atoms with Crippen LogP contribution in [0.25, 0.3) is 0 Å². The average molecular weight is 248 g/mol. The Labute approximate surface area is 88.6 Å². The summed E-state index contributed by atoms with van der Waals surface area (Å²) in [5.41, 5.74) is 0. The van der Waals surface area contributed by atoms with E-state index < -0.39 is 0 Å². The fraction of sp³-hybridized carbons (Fsp3) is 0.167. The molecule has 0 aliphatic heterocycles. The molecule has 1 nitrogen and oxygen atoms in total. The largest absolute Gasteiger partial charge is 0.316 e. The molecule has 0 saturated heterocycles. The average Bonchev–Trinajstić information content (AvgIpc) is 1.69. The molecule has 48 valence electrons. The highest BCUT2D eigenvalue weighted by atomic mass is 127. The molecule has 9 heavy (non-hydrogen) atoms. The SMILES string of the molecule is C[n+]1ccccc1.I.[MgH2]. The highest BCUT2D eigenvalue weighted by molar-refractivity contribution is 14.0. The van der Waals surface area contributed by atoms with E-state index in [1.807, 2.05) is 42.2 Å². The minimum absolute atomic E-state index is 0. The number of aromatic nitrogens is 1. The smallest absolute Gasteiger partial charge is 0.208 e. The lowest BCUT2D eigenvalue weighted by molar-refractivity contribution is -0.671. The van der Waals surface area contributed by atoms with Crippen LogP contribution in [0.4, 0.5) is 0 Å². The third kappa shape index (κ3) is 5.11. The van der Waals surface area contributed by atoms with Crippen molar-refractivity contribution < 1.29 is 4.57 Å². The zero-order chi connectivity index (χ0) is 5.11. The van der Waals surface area contributed by atoms with E-state index in [0.717, 1.165) is 0 Å². The van der Waals surface area contributed by atoms with Gasteiger partial charge >= 0.3 is 23.1 Å². The summed E-state index contributed by atoms with van der Waals surface area (Å²) in [7, 11) is 2.00. The summed E-state index contributed by atoms with van der Waals surface area (Å²) in [6.45, 7) is 0. The van der Waals surface area contributed by atoms with Crippen LogP contribution in [-0.2, 0) is 7.05 Å². The van der Waals surface area contributed by atoms with Crippen molar-refractivity contribution in [1.82, 2.24) is 0 Å². The maximum atomic E-state index is 2.00. The molecular formula is C6H11IMgN+. The van der Waals surface area contributed by atoms with Gasteiger partial charge in [-0.2, -0.15) is 0 Å². The second kappa shape index (κ2) is 6.76. The van der Waals surface area contributed by atoms with Gasteiger partial charge in [0.05, 0.1) is 0 Å². The van der Waals surface area contributed by atoms with Crippen LogP contribution >= 0.6 is 24.0 Å². The lowest BCUT2D eigenvalue weighted by Crippen LogP contribution is -2.25. The number of aryl methyl sites for hydroxylation is 1. The van der Waals surface area contributed by atoms with Crippen LogP contribution in [0.5, 0.6) is 0 Å². The van der Waals surface area contributed by atoms with E-state index in [9.17, 15) is 0 Å². The highest BCUT2D eigenvalue weighted by Crippen LogP contribution is 1.71. The third-order valence-electron chi connectivity index (χ3n) is 0.865. The van der Waals surface area contributed by atoms with Gasteiger partial charge in [-0.3, -0.25) is 0 Å². The number of nitrogens with zero attached hydrogens (tertiary/aromatic N) is 1. The number of pyridine rings is 1. The van der Waals surface area contributed by atoms with Gasteiger partial charge < -0.3 is 0 Å². The molecule has 0 spiro atoms. The van der Waals surface area contributed by atoms with Crippen LogP contribution in [0.15, 0.2) is 30.6 Å². The Hall–Kier alpha value is 0.646. The molecule has 0 fully saturated rings. The van der Waals surface area contributed by atoms with Gasteiger partial charge in [-0.05, 0) is 0 Å². The first-order valence-corrected chi connectivity index (χ1v) is 2.30. The summed E-state index contributed by atoms with van der Waals surface area (Å²) in [6, 6.07) is 6.00. The number of halogens is 1. The van der Waals surface area contributed by atoms with Crippen molar-refractivity contribution in [1.29, 1.82) is 0 Å². The number of rotatable bonds is 0. The molecule has 1 rings (SSSR count). The Kier molecular flexibility index (Phi) is 9.27. The van der Waals surface area contributed by atoms with E-state index >= 15 is 0 Å². The molecule has 0 saturated carbocycles. The fourth-order valence-corrected chi connectivity index (χ4v) is 0.485. The zero-order valence-electron chi connectivity index (χ0n) is 4.74. The summed E-state index contributed by atoms with van der Waals surface area (Å²) in [5.74, 6) is 0. The van der Waals surface area contributed by atoms with E-state index in [-0.39, 0.29) is 47.0 Å². The van der Waals surface area contributed by atoms with Crippen molar-refractivity contribution in [2.75, 3.05) is 0 Å². The van der Waals surface area contributed by atoms with Crippen molar-refractivity contribution in [2.24, 2.45) is 7.05 Å². The Morgan fingerprint density at radius 3 is 1.67 bits per heavy atom. The molecule has 0 atom stereocenters. The summed E-state index contributed by atoms with van der Waals surface area (Å²) in [4.78, 5) is 0. The fourth-order valence-electron chi connectivity index (χ4n) is 0.485. The van der Waals surface area contributed by atoms with Gasteiger partial charge in [-0.15, -0.1) is 24.0 Å². The van der Waals surface area contributed by atoms with Crippen molar-refractivity contribution >= 4 is 47.0 Å². The van der Waals surface area contributed by atoms with E-state index in [2.05, 4.69) is 0 Å². The van der Waals surface area contributed by atoms with E-state index in [4.69, 9.17) is 0 Å². The standard InChI is InChI=1S/C6H8N.HI.Mg.2H/c1-7-5-3-2-4-6-7;;;;/h2-6H,1H3;1H;;;/q+1;;;;. The van der Waals surface area contributed by atoms with Crippen LogP contribution in [0.2, 0.25) is 0 Å². The zero-order valence-corrected chi connectivity index (χ0v) is 7.07. The molecule has 1 heterocycles. The van der Waals surface area contributed by atoms with Crippen molar-refractivity contribution in [3.63, 3.8) is 0 Å². The molecule has 0 radical (unpaired) electrons. The molecule has 0 N–H and O–H groups in total. The quantitative estimate of drug-likeness (QED) is 0.351. The topological polar surface area (TPSA) is 3.88 Å². The summed E-state index contributed by atoms with van der Waals surface area (Å²) in [5, 5.41) is 0. The van der Waals surface area contributed by atoms with Gasteiger partial charge in [-0.25, -0.2) is 4.57 Å². The molecule has 0 aliphatic rings. The van der Waals surface area contributed by atoms with Crippen molar-refractivity contribution in [3.8, 4) is 0 Å². The predicted molar refractivity (Wildman–Crippen MR) is 51.6 cm³/mol. The molecule has 0 aromatic carbocycles. The van der Waals surface area contributed by atoms with Crippen molar-refractivity contribution in [2.45, 2.75) is 0 Å². The van der Waals surface area contributed by atoms with Gasteiger partial charge in [-0.1, -0.05) is 6.07 Å². The summed E-state index contributed by atoms with van der Waals surface area (Å²) < 4.78 is 2.00. The minimum Gasteiger partial charge on any atom is -0.208 e. The van der Waals surface area contributed by atoms with Crippen LogP contribution in [0.1, 0.15) is 0 Å². The van der Waals surface area contributed by atoms with Gasteiger partial charge in [0.25, 0.3) is 0 Å². The molecule has 0 aliphatic carbocycles. The maximum absolute atomic E-state index is 2.00. The van der Waals surface area contributed by atoms with Crippen LogP contribution < -0.4 is 4.57 Å². The molecule has 1 aromatic rings. The second-order valence-electron chi connectivity index (χ2n) is 1.54. The molecule has 0 unspecified atom stereocenters. The molecular weight excluding hydrogens is 237 g/mol. The molecule has 3 heteroatoms. The monoisotopic (exact) mass is 248 g/mol. The van der Waals surface area contributed by atoms with Gasteiger partial charge in [0.1, 0.15) is 7.05 Å². The Morgan fingerprint density at radius 1 is 1.00 bits per heavy atom. The third-order valence-corrected chi connectivity index (χ3v) is 0.865. The lowest BCUT2D eigenvalue weighted by Gasteiger charge is -1.77. The van der Waals surface area contributed by atoms with E-state index in [1.54, 1.807) is 0 Å². The normalized spacial score (nSPS) is 6.78. The molecule has 1 aromatic heterocycles. The molecule has 0 bridgehead atoms. The number of hydrogen-bond donors (Lipinski definition) is 0. The predicted octanol–water partition coefficient (Wildman–Crippen LogP) is 0.213.